The Morgan fingerprint density at radius 1 is 1.77 bits per heavy atom. The molecule has 1 aliphatic rings. The smallest absolute Gasteiger partial charge is 0.221 e. The van der Waals surface area contributed by atoms with Crippen molar-refractivity contribution >= 4 is 5.91 Å². The maximum atomic E-state index is 11.2. The molecule has 2 N–H and O–H groups in total. The second-order valence-electron chi connectivity index (χ2n) is 3.03. The Labute approximate surface area is 78.3 Å². The first-order valence-corrected chi connectivity index (χ1v) is 4.58. The number of carbonyl (C=O) groups excluding carboxylic acids is 1. The highest BCUT2D eigenvalue weighted by Crippen LogP contribution is 2.04. The molecule has 1 unspecified atom stereocenters. The molecule has 0 radical (unpaired) electrons. The van der Waals surface area contributed by atoms with E-state index in [1.807, 2.05) is 19.1 Å². The average Bonchev–Trinajstić information content (AvgIpc) is 2.57. The molecule has 0 aromatic rings. The van der Waals surface area contributed by atoms with Gasteiger partial charge in [0.05, 0.1) is 6.61 Å². The Morgan fingerprint density at radius 3 is 3.23 bits per heavy atom. The lowest BCUT2D eigenvalue weighted by Gasteiger charge is -2.07. The third-order valence-corrected chi connectivity index (χ3v) is 1.90. The van der Waals surface area contributed by atoms with Gasteiger partial charge >= 0.3 is 0 Å². The highest BCUT2D eigenvalue weighted by molar-refractivity contribution is 5.76. The molecule has 1 aliphatic heterocycles. The molecule has 1 fully saturated rings. The third kappa shape index (κ3) is 4.05. The van der Waals surface area contributed by atoms with Gasteiger partial charge < -0.3 is 10.2 Å². The molecule has 1 saturated heterocycles. The number of amides is 1. The highest BCUT2D eigenvalue weighted by atomic mass is 16.7. The average molecular weight is 184 g/mol. The number of hydrogen-bond acceptors (Lipinski definition) is 3. The second-order valence-corrected chi connectivity index (χ2v) is 3.03. The minimum Gasteiger partial charge on any atom is -0.353 e. The minimum atomic E-state index is 0.0705. The molecule has 0 bridgehead atoms. The first kappa shape index (κ1) is 10.2. The molecule has 4 heteroatoms. The summed E-state index contributed by atoms with van der Waals surface area (Å²) in [5.74, 6) is 0.0705. The van der Waals surface area contributed by atoms with E-state index in [9.17, 15) is 4.79 Å². The van der Waals surface area contributed by atoms with Gasteiger partial charge in [-0.3, -0.25) is 4.79 Å². The van der Waals surface area contributed by atoms with Gasteiger partial charge in [-0.1, -0.05) is 12.2 Å². The molecule has 0 aliphatic carbocycles. The molecular weight excluding hydrogens is 168 g/mol. The quantitative estimate of drug-likeness (QED) is 0.620. The topological polar surface area (TPSA) is 50.4 Å². The van der Waals surface area contributed by atoms with Crippen LogP contribution in [-0.4, -0.2) is 25.1 Å². The molecule has 0 aromatic carbocycles. The second kappa shape index (κ2) is 5.72. The van der Waals surface area contributed by atoms with Crippen LogP contribution in [0.15, 0.2) is 12.2 Å². The number of allylic oxidation sites excluding steroid dienone is 1. The molecule has 1 heterocycles. The third-order valence-electron chi connectivity index (χ3n) is 1.90. The van der Waals surface area contributed by atoms with Gasteiger partial charge in [-0.15, -0.1) is 0 Å². The summed E-state index contributed by atoms with van der Waals surface area (Å²) < 4.78 is 0. The zero-order valence-corrected chi connectivity index (χ0v) is 7.88. The van der Waals surface area contributed by atoms with E-state index in [1.165, 1.54) is 0 Å². The van der Waals surface area contributed by atoms with E-state index in [1.54, 1.807) is 0 Å². The fourth-order valence-electron chi connectivity index (χ4n) is 1.17. The highest BCUT2D eigenvalue weighted by Gasteiger charge is 2.17. The van der Waals surface area contributed by atoms with E-state index in [2.05, 4.69) is 10.8 Å². The normalized spacial score (nSPS) is 22.4. The van der Waals surface area contributed by atoms with Gasteiger partial charge in [0.25, 0.3) is 0 Å². The van der Waals surface area contributed by atoms with Crippen LogP contribution in [0.25, 0.3) is 0 Å². The predicted molar refractivity (Wildman–Crippen MR) is 49.9 cm³/mol. The lowest BCUT2D eigenvalue weighted by atomic mass is 10.1. The van der Waals surface area contributed by atoms with Crippen LogP contribution in [0.1, 0.15) is 19.8 Å². The molecule has 1 amide bonds. The maximum absolute atomic E-state index is 11.2. The van der Waals surface area contributed by atoms with Gasteiger partial charge in [0, 0.05) is 19.0 Å². The first-order valence-electron chi connectivity index (χ1n) is 4.58. The van der Waals surface area contributed by atoms with E-state index in [-0.39, 0.29) is 11.9 Å². The van der Waals surface area contributed by atoms with E-state index in [0.29, 0.717) is 19.6 Å². The van der Waals surface area contributed by atoms with Crippen molar-refractivity contribution in [3.63, 3.8) is 0 Å². The molecule has 13 heavy (non-hydrogen) atoms. The number of rotatable bonds is 4. The van der Waals surface area contributed by atoms with Crippen molar-refractivity contribution in [1.82, 2.24) is 10.8 Å². The molecule has 0 spiro atoms. The standard InChI is InChI=1S/C9H16N2O2/c1-2-3-5-10-9(12)7-8-4-6-13-11-8/h2-3,8,11H,4-7H2,1H3,(H,10,12)/b3-2+. The summed E-state index contributed by atoms with van der Waals surface area (Å²) in [6.45, 7) is 3.24. The van der Waals surface area contributed by atoms with Crippen LogP contribution in [0, 0.1) is 0 Å². The summed E-state index contributed by atoms with van der Waals surface area (Å²) in [4.78, 5) is 16.2. The van der Waals surface area contributed by atoms with E-state index >= 15 is 0 Å². The number of nitrogens with one attached hydrogen (secondary N) is 2. The van der Waals surface area contributed by atoms with Crippen molar-refractivity contribution in [1.29, 1.82) is 0 Å². The van der Waals surface area contributed by atoms with Gasteiger partial charge in [-0.05, 0) is 13.3 Å². The van der Waals surface area contributed by atoms with Crippen molar-refractivity contribution in [3.05, 3.63) is 12.2 Å². The van der Waals surface area contributed by atoms with Crippen LogP contribution < -0.4 is 10.8 Å². The number of carbonyl (C=O) groups is 1. The molecule has 1 atom stereocenters. The van der Waals surface area contributed by atoms with Crippen molar-refractivity contribution in [3.8, 4) is 0 Å². The Morgan fingerprint density at radius 2 is 2.62 bits per heavy atom. The van der Waals surface area contributed by atoms with Crippen molar-refractivity contribution in [2.45, 2.75) is 25.8 Å². The van der Waals surface area contributed by atoms with Gasteiger partial charge in [0.1, 0.15) is 0 Å². The molecule has 74 valence electrons. The Hall–Kier alpha value is -0.870. The van der Waals surface area contributed by atoms with Crippen LogP contribution in [0.2, 0.25) is 0 Å². The zero-order valence-electron chi connectivity index (χ0n) is 7.88. The zero-order chi connectivity index (χ0) is 9.52. The summed E-state index contributed by atoms with van der Waals surface area (Å²) in [5.41, 5.74) is 2.80. The Balaban J connectivity index is 2.09. The van der Waals surface area contributed by atoms with Crippen LogP contribution in [0.5, 0.6) is 0 Å². The van der Waals surface area contributed by atoms with Gasteiger partial charge in [0.15, 0.2) is 0 Å². The molecular formula is C9H16N2O2. The summed E-state index contributed by atoms with van der Waals surface area (Å²) in [7, 11) is 0. The van der Waals surface area contributed by atoms with Crippen molar-refractivity contribution in [2.75, 3.05) is 13.2 Å². The van der Waals surface area contributed by atoms with E-state index < -0.39 is 0 Å². The Bertz CT molecular complexity index is 186. The minimum absolute atomic E-state index is 0.0705. The molecule has 0 aromatic heterocycles. The van der Waals surface area contributed by atoms with Crippen LogP contribution >= 0.6 is 0 Å². The van der Waals surface area contributed by atoms with Gasteiger partial charge in [0.2, 0.25) is 5.91 Å². The molecule has 4 nitrogen and oxygen atoms in total. The summed E-state index contributed by atoms with van der Waals surface area (Å²) >= 11 is 0. The Kier molecular flexibility index (Phi) is 4.49. The van der Waals surface area contributed by atoms with Gasteiger partial charge in [-0.25, -0.2) is 0 Å². The molecule has 0 saturated carbocycles. The predicted octanol–water partition coefficient (Wildman–Crippen LogP) is 0.362. The van der Waals surface area contributed by atoms with Crippen molar-refractivity contribution < 1.29 is 9.63 Å². The van der Waals surface area contributed by atoms with E-state index in [0.717, 1.165) is 6.42 Å². The summed E-state index contributed by atoms with van der Waals surface area (Å²) in [6.07, 6.45) is 5.24. The monoisotopic (exact) mass is 184 g/mol. The molecule has 1 rings (SSSR count). The van der Waals surface area contributed by atoms with Crippen LogP contribution in [0.4, 0.5) is 0 Å². The van der Waals surface area contributed by atoms with E-state index in [4.69, 9.17) is 4.84 Å². The fraction of sp³-hybridized carbons (Fsp3) is 0.667. The van der Waals surface area contributed by atoms with Crippen LogP contribution in [-0.2, 0) is 9.63 Å². The largest absolute Gasteiger partial charge is 0.353 e. The number of hydrogen-bond donors (Lipinski definition) is 2. The van der Waals surface area contributed by atoms with Gasteiger partial charge in [-0.2, -0.15) is 5.48 Å². The summed E-state index contributed by atoms with van der Waals surface area (Å²) in [5, 5.41) is 2.79. The maximum Gasteiger partial charge on any atom is 0.221 e. The van der Waals surface area contributed by atoms with Crippen molar-refractivity contribution in [2.24, 2.45) is 0 Å². The lowest BCUT2D eigenvalue weighted by molar-refractivity contribution is -0.121. The number of hydroxylamine groups is 1. The lowest BCUT2D eigenvalue weighted by Crippen LogP contribution is -2.31. The SMILES string of the molecule is C/C=C/CNC(=O)CC1CCON1. The van der Waals surface area contributed by atoms with Crippen LogP contribution in [0.3, 0.4) is 0 Å². The summed E-state index contributed by atoms with van der Waals surface area (Å²) in [6, 6.07) is 0.186. The first-order chi connectivity index (χ1) is 6.33. The fourth-order valence-corrected chi connectivity index (χ4v) is 1.17.